The van der Waals surface area contributed by atoms with Crippen molar-refractivity contribution in [2.45, 2.75) is 32.4 Å². The van der Waals surface area contributed by atoms with Gasteiger partial charge < -0.3 is 10.6 Å². The Kier molecular flexibility index (Phi) is 3.29. The largest absolute Gasteiger partial charge is 0.349 e. The second kappa shape index (κ2) is 4.94. The molecule has 1 unspecified atom stereocenters. The summed E-state index contributed by atoms with van der Waals surface area (Å²) in [6, 6.07) is 6.87. The Bertz CT molecular complexity index is 559. The molecule has 0 fully saturated rings. The molecule has 1 aliphatic heterocycles. The fraction of sp³-hybridized carbons (Fsp3) is 0.400. The quantitative estimate of drug-likeness (QED) is 0.913. The van der Waals surface area contributed by atoms with Crippen LogP contribution in [0.5, 0.6) is 0 Å². The summed E-state index contributed by atoms with van der Waals surface area (Å²) in [6.07, 6.45) is 3.02. The highest BCUT2D eigenvalue weighted by Gasteiger charge is 2.25. The van der Waals surface area contributed by atoms with Crippen molar-refractivity contribution < 1.29 is 0 Å². The van der Waals surface area contributed by atoms with Gasteiger partial charge in [0.05, 0.1) is 6.04 Å². The van der Waals surface area contributed by atoms with E-state index in [1.165, 1.54) is 10.4 Å². The number of anilines is 1. The van der Waals surface area contributed by atoms with E-state index in [-0.39, 0.29) is 6.04 Å². The topological polar surface area (TPSA) is 42.1 Å². The maximum Gasteiger partial charge on any atom is 0.129 e. The lowest BCUT2D eigenvalue weighted by molar-refractivity contribution is 0.624. The highest BCUT2D eigenvalue weighted by molar-refractivity contribution is 7.10. The van der Waals surface area contributed by atoms with E-state index < -0.39 is 0 Å². The SMILES string of the molecule is CC1c2ccsc2CCN1c1ccc([C@@H](C)N)cn1. The van der Waals surface area contributed by atoms with Crippen molar-refractivity contribution in [1.29, 1.82) is 0 Å². The Morgan fingerprint density at radius 2 is 2.26 bits per heavy atom. The smallest absolute Gasteiger partial charge is 0.129 e. The van der Waals surface area contributed by atoms with Crippen LogP contribution in [-0.4, -0.2) is 11.5 Å². The third kappa shape index (κ3) is 2.26. The zero-order valence-electron chi connectivity index (χ0n) is 11.3. The van der Waals surface area contributed by atoms with Gasteiger partial charge in [0.25, 0.3) is 0 Å². The van der Waals surface area contributed by atoms with Gasteiger partial charge in [-0.25, -0.2) is 4.98 Å². The molecule has 100 valence electrons. The van der Waals surface area contributed by atoms with Crippen LogP contribution in [0.3, 0.4) is 0 Å². The van der Waals surface area contributed by atoms with Gasteiger partial charge in [-0.2, -0.15) is 0 Å². The summed E-state index contributed by atoms with van der Waals surface area (Å²) in [5, 5.41) is 2.19. The number of rotatable bonds is 2. The Hall–Kier alpha value is -1.39. The molecule has 3 rings (SSSR count). The molecule has 4 heteroatoms. The van der Waals surface area contributed by atoms with Crippen LogP contribution in [-0.2, 0) is 6.42 Å². The first-order valence-corrected chi connectivity index (χ1v) is 7.59. The summed E-state index contributed by atoms with van der Waals surface area (Å²) >= 11 is 1.87. The van der Waals surface area contributed by atoms with Crippen molar-refractivity contribution >= 4 is 17.2 Å². The number of pyridine rings is 1. The van der Waals surface area contributed by atoms with Crippen LogP contribution >= 0.6 is 11.3 Å². The zero-order valence-corrected chi connectivity index (χ0v) is 12.2. The summed E-state index contributed by atoms with van der Waals surface area (Å²) in [5.41, 5.74) is 8.41. The molecule has 0 aliphatic carbocycles. The predicted molar refractivity (Wildman–Crippen MR) is 80.6 cm³/mol. The first kappa shape index (κ1) is 12.6. The molecule has 0 saturated carbocycles. The maximum absolute atomic E-state index is 5.87. The fourth-order valence-electron chi connectivity index (χ4n) is 2.66. The number of nitrogens with two attached hydrogens (primary N) is 1. The highest BCUT2D eigenvalue weighted by atomic mass is 32.1. The van der Waals surface area contributed by atoms with Gasteiger partial charge in [0, 0.05) is 23.7 Å². The zero-order chi connectivity index (χ0) is 13.4. The third-order valence-corrected chi connectivity index (χ3v) is 4.86. The van der Waals surface area contributed by atoms with Crippen LogP contribution < -0.4 is 10.6 Å². The van der Waals surface area contributed by atoms with Gasteiger partial charge in [-0.3, -0.25) is 0 Å². The van der Waals surface area contributed by atoms with Gasteiger partial charge >= 0.3 is 0 Å². The van der Waals surface area contributed by atoms with Crippen LogP contribution in [0, 0.1) is 0 Å². The molecule has 19 heavy (non-hydrogen) atoms. The standard InChI is InChI=1S/C15H19N3S/c1-10(16)12-3-4-15(17-9-12)18-7-5-14-13(11(18)2)6-8-19-14/h3-4,6,8-11H,5,7,16H2,1-2H3/t10-,11?/m1/s1. The summed E-state index contributed by atoms with van der Waals surface area (Å²) in [4.78, 5) is 8.48. The fourth-order valence-corrected chi connectivity index (χ4v) is 3.62. The molecular formula is C15H19N3S. The number of aromatic nitrogens is 1. The minimum atomic E-state index is 0.0452. The molecule has 0 saturated heterocycles. The molecule has 2 N–H and O–H groups in total. The van der Waals surface area contributed by atoms with Gasteiger partial charge in [0.2, 0.25) is 0 Å². The second-order valence-corrected chi connectivity index (χ2v) is 6.16. The van der Waals surface area contributed by atoms with E-state index in [1.54, 1.807) is 0 Å². The molecule has 3 nitrogen and oxygen atoms in total. The molecule has 2 aromatic rings. The molecular weight excluding hydrogens is 254 g/mol. The van der Waals surface area contributed by atoms with E-state index in [1.807, 2.05) is 24.5 Å². The molecule has 0 radical (unpaired) electrons. The van der Waals surface area contributed by atoms with Gasteiger partial charge in [0.15, 0.2) is 0 Å². The molecule has 0 spiro atoms. The van der Waals surface area contributed by atoms with Crippen molar-refractivity contribution in [3.63, 3.8) is 0 Å². The van der Waals surface area contributed by atoms with Crippen LogP contribution in [0.1, 0.15) is 41.9 Å². The lowest BCUT2D eigenvalue weighted by Gasteiger charge is -2.34. The summed E-state index contributed by atoms with van der Waals surface area (Å²) in [7, 11) is 0. The molecule has 0 amide bonds. The number of thiophene rings is 1. The highest BCUT2D eigenvalue weighted by Crippen LogP contribution is 2.35. The van der Waals surface area contributed by atoms with Crippen molar-refractivity contribution in [1.82, 2.24) is 4.98 Å². The average Bonchev–Trinajstić information content (AvgIpc) is 2.88. The van der Waals surface area contributed by atoms with Gasteiger partial charge in [-0.15, -0.1) is 11.3 Å². The molecule has 0 aromatic carbocycles. The van der Waals surface area contributed by atoms with Crippen molar-refractivity contribution in [3.05, 3.63) is 45.8 Å². The summed E-state index contributed by atoms with van der Waals surface area (Å²) < 4.78 is 0. The molecule has 2 aromatic heterocycles. The minimum Gasteiger partial charge on any atom is -0.349 e. The lowest BCUT2D eigenvalue weighted by atomic mass is 10.0. The van der Waals surface area contributed by atoms with Crippen LogP contribution in [0.2, 0.25) is 0 Å². The first-order chi connectivity index (χ1) is 9.16. The van der Waals surface area contributed by atoms with Gasteiger partial charge in [-0.05, 0) is 48.9 Å². The van der Waals surface area contributed by atoms with Crippen molar-refractivity contribution in [2.75, 3.05) is 11.4 Å². The monoisotopic (exact) mass is 273 g/mol. The Labute approximate surface area is 118 Å². The van der Waals surface area contributed by atoms with Gasteiger partial charge in [-0.1, -0.05) is 6.07 Å². The molecule has 1 aliphatic rings. The predicted octanol–water partition coefficient (Wildman–Crippen LogP) is 3.29. The number of hydrogen-bond acceptors (Lipinski definition) is 4. The van der Waals surface area contributed by atoms with E-state index in [2.05, 4.69) is 40.4 Å². The second-order valence-electron chi connectivity index (χ2n) is 5.16. The maximum atomic E-state index is 5.87. The number of nitrogens with zero attached hydrogens (tertiary/aromatic N) is 2. The van der Waals surface area contributed by atoms with E-state index in [9.17, 15) is 0 Å². The third-order valence-electron chi connectivity index (χ3n) is 3.87. The average molecular weight is 273 g/mol. The van der Waals surface area contributed by atoms with E-state index in [0.29, 0.717) is 6.04 Å². The first-order valence-electron chi connectivity index (χ1n) is 6.71. The minimum absolute atomic E-state index is 0.0452. The molecule has 0 bridgehead atoms. The van der Waals surface area contributed by atoms with Crippen LogP contribution in [0.25, 0.3) is 0 Å². The Morgan fingerprint density at radius 3 is 2.95 bits per heavy atom. The number of hydrogen-bond donors (Lipinski definition) is 1. The Balaban J connectivity index is 1.87. The van der Waals surface area contributed by atoms with Crippen molar-refractivity contribution in [2.24, 2.45) is 5.73 Å². The Morgan fingerprint density at radius 1 is 1.42 bits per heavy atom. The molecule has 3 heterocycles. The normalized spacial score (nSPS) is 20.2. The van der Waals surface area contributed by atoms with Crippen LogP contribution in [0.4, 0.5) is 5.82 Å². The van der Waals surface area contributed by atoms with Crippen molar-refractivity contribution in [3.8, 4) is 0 Å². The summed E-state index contributed by atoms with van der Waals surface area (Å²) in [6.45, 7) is 5.28. The summed E-state index contributed by atoms with van der Waals surface area (Å²) in [5.74, 6) is 1.05. The van der Waals surface area contributed by atoms with E-state index >= 15 is 0 Å². The lowest BCUT2D eigenvalue weighted by Crippen LogP contribution is -2.33. The molecule has 2 atom stereocenters. The number of fused-ring (bicyclic) bond motifs is 1. The van der Waals surface area contributed by atoms with E-state index in [0.717, 1.165) is 24.3 Å². The van der Waals surface area contributed by atoms with Crippen LogP contribution in [0.15, 0.2) is 29.8 Å². The van der Waals surface area contributed by atoms with E-state index in [4.69, 9.17) is 5.73 Å². The van der Waals surface area contributed by atoms with Gasteiger partial charge in [0.1, 0.15) is 5.82 Å².